The predicted octanol–water partition coefficient (Wildman–Crippen LogP) is 0.130. The SMILES string of the molecule is C=CC[C@]1(n2cnc3c(N)ncnc32)C[C@H](O)[C@@H](COP(=O)(O)OP(=O)(O)OP(=O)(O)O)O1. The molecule has 20 heteroatoms. The molecule has 1 aliphatic rings. The molecule has 7 N–H and O–H groups in total. The molecular formula is C13H20N5O12P3. The first kappa shape index (κ1) is 26.0. The first-order valence-corrected chi connectivity index (χ1v) is 13.4. The van der Waals surface area contributed by atoms with Crippen molar-refractivity contribution in [1.29, 1.82) is 0 Å². The zero-order valence-electron chi connectivity index (χ0n) is 16.5. The number of phosphoric acid groups is 3. The van der Waals surface area contributed by atoms with Crippen molar-refractivity contribution < 1.29 is 56.3 Å². The van der Waals surface area contributed by atoms with Crippen molar-refractivity contribution in [3.63, 3.8) is 0 Å². The van der Waals surface area contributed by atoms with E-state index in [-0.39, 0.29) is 29.8 Å². The highest BCUT2D eigenvalue weighted by molar-refractivity contribution is 7.66. The number of ether oxygens (including phenoxy) is 1. The van der Waals surface area contributed by atoms with Crippen LogP contribution in [0.5, 0.6) is 0 Å². The van der Waals surface area contributed by atoms with Gasteiger partial charge in [-0.15, -0.1) is 6.58 Å². The van der Waals surface area contributed by atoms with Crippen LogP contribution in [0.1, 0.15) is 12.8 Å². The van der Waals surface area contributed by atoms with Gasteiger partial charge in [0.1, 0.15) is 17.9 Å². The number of aromatic nitrogens is 4. The number of nitrogens with two attached hydrogens (primary N) is 1. The average molecular weight is 531 g/mol. The van der Waals surface area contributed by atoms with Crippen LogP contribution < -0.4 is 5.73 Å². The number of rotatable bonds is 10. The maximum Gasteiger partial charge on any atom is 0.490 e. The van der Waals surface area contributed by atoms with E-state index in [1.54, 1.807) is 0 Å². The van der Waals surface area contributed by atoms with Gasteiger partial charge in [-0.1, -0.05) is 6.08 Å². The molecule has 0 spiro atoms. The normalized spacial score (nSPS) is 27.3. The molecular weight excluding hydrogens is 511 g/mol. The van der Waals surface area contributed by atoms with E-state index in [1.165, 1.54) is 23.3 Å². The topological polar surface area (TPSA) is 259 Å². The van der Waals surface area contributed by atoms with E-state index >= 15 is 0 Å². The van der Waals surface area contributed by atoms with Crippen LogP contribution in [0.3, 0.4) is 0 Å². The summed E-state index contributed by atoms with van der Waals surface area (Å²) in [5, 5.41) is 10.5. The monoisotopic (exact) mass is 531 g/mol. The number of nitrogen functional groups attached to an aromatic ring is 1. The average Bonchev–Trinajstić information content (AvgIpc) is 3.20. The van der Waals surface area contributed by atoms with Crippen molar-refractivity contribution in [3.8, 4) is 0 Å². The van der Waals surface area contributed by atoms with Crippen LogP contribution in [0.4, 0.5) is 5.82 Å². The number of aliphatic hydroxyl groups excluding tert-OH is 1. The minimum absolute atomic E-state index is 0.0706. The molecule has 2 unspecified atom stereocenters. The number of hydrogen-bond donors (Lipinski definition) is 6. The molecule has 0 aliphatic carbocycles. The summed E-state index contributed by atoms with van der Waals surface area (Å²) in [7, 11) is -16.6. The second-order valence-electron chi connectivity index (χ2n) is 6.80. The van der Waals surface area contributed by atoms with E-state index in [2.05, 4.69) is 34.7 Å². The molecule has 5 atom stereocenters. The van der Waals surface area contributed by atoms with E-state index in [9.17, 15) is 28.6 Å². The fraction of sp³-hybridized carbons (Fsp3) is 0.462. The Kier molecular flexibility index (Phi) is 7.28. The molecule has 0 saturated carbocycles. The Balaban J connectivity index is 1.77. The van der Waals surface area contributed by atoms with E-state index in [1.807, 2.05) is 0 Å². The van der Waals surface area contributed by atoms with Gasteiger partial charge in [0.05, 0.1) is 19.0 Å². The van der Waals surface area contributed by atoms with Gasteiger partial charge < -0.3 is 35.2 Å². The molecule has 0 aromatic carbocycles. The summed E-state index contributed by atoms with van der Waals surface area (Å²) >= 11 is 0. The molecule has 3 rings (SSSR count). The highest BCUT2D eigenvalue weighted by atomic mass is 31.3. The largest absolute Gasteiger partial charge is 0.490 e. The summed E-state index contributed by atoms with van der Waals surface area (Å²) in [5.74, 6) is 0.107. The highest BCUT2D eigenvalue weighted by Gasteiger charge is 2.49. The van der Waals surface area contributed by atoms with Gasteiger partial charge in [-0.25, -0.2) is 28.6 Å². The maximum absolute atomic E-state index is 12.0. The lowest BCUT2D eigenvalue weighted by Gasteiger charge is -2.30. The predicted molar refractivity (Wildman–Crippen MR) is 108 cm³/mol. The molecule has 2 aromatic rings. The van der Waals surface area contributed by atoms with Crippen molar-refractivity contribution in [1.82, 2.24) is 19.5 Å². The Bertz CT molecular complexity index is 1180. The van der Waals surface area contributed by atoms with Crippen molar-refractivity contribution in [2.75, 3.05) is 12.3 Å². The summed E-state index contributed by atoms with van der Waals surface area (Å²) in [6.07, 6.45) is 1.59. The first-order chi connectivity index (χ1) is 15.2. The molecule has 17 nitrogen and oxygen atoms in total. The van der Waals surface area contributed by atoms with Crippen molar-refractivity contribution >= 4 is 40.4 Å². The smallest absolute Gasteiger partial charge is 0.390 e. The summed E-state index contributed by atoms with van der Waals surface area (Å²) in [4.78, 5) is 48.1. The minimum Gasteiger partial charge on any atom is -0.390 e. The number of fused-ring (bicyclic) bond motifs is 1. The second kappa shape index (κ2) is 9.23. The number of anilines is 1. The summed E-state index contributed by atoms with van der Waals surface area (Å²) in [6, 6.07) is 0. The fourth-order valence-corrected chi connectivity index (χ4v) is 6.27. The van der Waals surface area contributed by atoms with Gasteiger partial charge in [0.25, 0.3) is 0 Å². The molecule has 33 heavy (non-hydrogen) atoms. The molecule has 2 aromatic heterocycles. The minimum atomic E-state index is -5.68. The molecule has 184 valence electrons. The Morgan fingerprint density at radius 1 is 1.21 bits per heavy atom. The summed E-state index contributed by atoms with van der Waals surface area (Å²) in [6.45, 7) is 2.83. The zero-order valence-corrected chi connectivity index (χ0v) is 19.2. The molecule has 3 heterocycles. The Hall–Kier alpha value is -1.58. The molecule has 0 radical (unpaired) electrons. The van der Waals surface area contributed by atoms with Crippen molar-refractivity contribution in [3.05, 3.63) is 25.3 Å². The van der Waals surface area contributed by atoms with Gasteiger partial charge in [0, 0.05) is 12.8 Å². The Labute approximate surface area is 185 Å². The van der Waals surface area contributed by atoms with Crippen LogP contribution in [0.25, 0.3) is 11.2 Å². The van der Waals surface area contributed by atoms with Gasteiger partial charge in [-0.2, -0.15) is 8.62 Å². The summed E-state index contributed by atoms with van der Waals surface area (Å²) < 4.78 is 53.3. The third-order valence-corrected chi connectivity index (χ3v) is 8.21. The van der Waals surface area contributed by atoms with Gasteiger partial charge in [-0.05, 0) is 0 Å². The molecule has 1 fully saturated rings. The van der Waals surface area contributed by atoms with Gasteiger partial charge in [-0.3, -0.25) is 9.09 Å². The molecule has 1 saturated heterocycles. The third kappa shape index (κ3) is 6.11. The fourth-order valence-electron chi connectivity index (χ4n) is 3.24. The third-order valence-electron chi connectivity index (χ3n) is 4.41. The number of phosphoric ester groups is 1. The standard InChI is InChI=1S/C13H20N5O12P3/c1-2-3-13(18-7-17-10-11(14)15-6-16-12(10)18)4-8(19)9(28-13)5-27-32(23,24)30-33(25,26)29-31(20,21)22/h2,6-9,19H,1,3-5H2,(H,23,24)(H,25,26)(H2,14,15,16)(H2,20,21,22)/t8-,9+,13+/m0/s1. The Morgan fingerprint density at radius 2 is 1.91 bits per heavy atom. The second-order valence-corrected chi connectivity index (χ2v) is 11.2. The number of hydrogen-bond acceptors (Lipinski definition) is 12. The van der Waals surface area contributed by atoms with E-state index < -0.39 is 48.0 Å². The number of aliphatic hydroxyl groups is 1. The number of imidazole rings is 1. The van der Waals surface area contributed by atoms with Crippen LogP contribution >= 0.6 is 23.5 Å². The van der Waals surface area contributed by atoms with E-state index in [0.29, 0.717) is 0 Å². The lowest BCUT2D eigenvalue weighted by Crippen LogP contribution is -2.34. The van der Waals surface area contributed by atoms with Crippen LogP contribution in [0.15, 0.2) is 25.3 Å². The van der Waals surface area contributed by atoms with Gasteiger partial charge in [0.2, 0.25) is 0 Å². The lowest BCUT2D eigenvalue weighted by molar-refractivity contribution is -0.112. The zero-order chi connectivity index (χ0) is 24.7. The lowest BCUT2D eigenvalue weighted by atomic mass is 10.0. The Morgan fingerprint density at radius 3 is 2.55 bits per heavy atom. The van der Waals surface area contributed by atoms with Crippen molar-refractivity contribution in [2.45, 2.75) is 30.8 Å². The van der Waals surface area contributed by atoms with Crippen LogP contribution in [0, 0.1) is 0 Å². The molecule has 0 bridgehead atoms. The number of nitrogens with zero attached hydrogens (tertiary/aromatic N) is 4. The van der Waals surface area contributed by atoms with Crippen LogP contribution in [-0.2, 0) is 37.3 Å². The van der Waals surface area contributed by atoms with Gasteiger partial charge >= 0.3 is 23.5 Å². The molecule has 0 amide bonds. The van der Waals surface area contributed by atoms with Crippen LogP contribution in [0.2, 0.25) is 0 Å². The van der Waals surface area contributed by atoms with E-state index in [4.69, 9.17) is 20.3 Å². The summed E-state index contributed by atoms with van der Waals surface area (Å²) in [5.41, 5.74) is 5.04. The van der Waals surface area contributed by atoms with Crippen LogP contribution in [-0.4, -0.2) is 63.0 Å². The molecule has 1 aliphatic heterocycles. The van der Waals surface area contributed by atoms with Gasteiger partial charge in [0.15, 0.2) is 17.2 Å². The van der Waals surface area contributed by atoms with E-state index in [0.717, 1.165) is 0 Å². The maximum atomic E-state index is 12.0. The van der Waals surface area contributed by atoms with Crippen molar-refractivity contribution in [2.24, 2.45) is 0 Å². The first-order valence-electron chi connectivity index (χ1n) is 8.86. The quantitative estimate of drug-likeness (QED) is 0.176. The highest BCUT2D eigenvalue weighted by Crippen LogP contribution is 2.66.